The lowest BCUT2D eigenvalue weighted by Gasteiger charge is -2.04. The normalized spacial score (nSPS) is 10.5. The second-order valence-electron chi connectivity index (χ2n) is 3.54. The molecule has 1 aromatic heterocycles. The van der Waals surface area contributed by atoms with Gasteiger partial charge in [0.1, 0.15) is 11.3 Å². The summed E-state index contributed by atoms with van der Waals surface area (Å²) in [7, 11) is 0. The van der Waals surface area contributed by atoms with E-state index in [1.54, 1.807) is 26.0 Å². The van der Waals surface area contributed by atoms with Crippen LogP contribution in [0.5, 0.6) is 0 Å². The molecular weight excluding hydrogens is 188 g/mol. The Balaban J connectivity index is 3.04. The van der Waals surface area contributed by atoms with Gasteiger partial charge in [-0.3, -0.25) is 4.79 Å². The molecule has 0 saturated heterocycles. The van der Waals surface area contributed by atoms with Gasteiger partial charge in [-0.15, -0.1) is 0 Å². The van der Waals surface area contributed by atoms with Crippen molar-refractivity contribution in [2.24, 2.45) is 0 Å². The van der Waals surface area contributed by atoms with Gasteiger partial charge in [-0.05, 0) is 19.9 Å². The summed E-state index contributed by atoms with van der Waals surface area (Å²) in [5.74, 6) is 0.668. The summed E-state index contributed by atoms with van der Waals surface area (Å²) >= 11 is 0. The van der Waals surface area contributed by atoms with E-state index in [0.717, 1.165) is 5.56 Å². The molecule has 0 unspecified atom stereocenters. The third-order valence-electron chi connectivity index (χ3n) is 2.63. The minimum atomic E-state index is 0.0393. The van der Waals surface area contributed by atoms with E-state index in [9.17, 15) is 4.79 Å². The topological polar surface area (TPSA) is 30.2 Å². The standard InChI is InChI=1S/C13H12O2/c1-4-10-6-5-7-11-12(14)8(2)9(3)15-13(10)11/h4-7H,1H2,2-3H3. The van der Waals surface area contributed by atoms with Gasteiger partial charge < -0.3 is 4.42 Å². The fourth-order valence-electron chi connectivity index (χ4n) is 1.60. The molecule has 2 nitrogen and oxygen atoms in total. The highest BCUT2D eigenvalue weighted by Crippen LogP contribution is 2.19. The van der Waals surface area contributed by atoms with Crippen molar-refractivity contribution in [1.29, 1.82) is 0 Å². The van der Waals surface area contributed by atoms with Gasteiger partial charge in [0.25, 0.3) is 0 Å². The van der Waals surface area contributed by atoms with Gasteiger partial charge >= 0.3 is 0 Å². The van der Waals surface area contributed by atoms with Crippen LogP contribution < -0.4 is 5.43 Å². The Morgan fingerprint density at radius 2 is 2.07 bits per heavy atom. The zero-order valence-electron chi connectivity index (χ0n) is 8.83. The lowest BCUT2D eigenvalue weighted by molar-refractivity contribution is 0.558. The van der Waals surface area contributed by atoms with Crippen LogP contribution in [0.3, 0.4) is 0 Å². The van der Waals surface area contributed by atoms with E-state index in [2.05, 4.69) is 6.58 Å². The third-order valence-corrected chi connectivity index (χ3v) is 2.63. The predicted molar refractivity (Wildman–Crippen MR) is 62.0 cm³/mol. The maximum absolute atomic E-state index is 11.9. The van der Waals surface area contributed by atoms with Crippen LogP contribution in [-0.2, 0) is 0 Å². The van der Waals surface area contributed by atoms with Gasteiger partial charge in [0, 0.05) is 11.1 Å². The van der Waals surface area contributed by atoms with Gasteiger partial charge in [-0.2, -0.15) is 0 Å². The molecule has 0 bridgehead atoms. The van der Waals surface area contributed by atoms with Crippen molar-refractivity contribution in [3.05, 3.63) is 51.9 Å². The van der Waals surface area contributed by atoms with Crippen molar-refractivity contribution >= 4 is 17.0 Å². The molecule has 2 aromatic rings. The molecule has 0 fully saturated rings. The van der Waals surface area contributed by atoms with E-state index in [0.29, 0.717) is 22.3 Å². The van der Waals surface area contributed by atoms with Gasteiger partial charge in [0.2, 0.25) is 0 Å². The molecule has 2 rings (SSSR count). The molecule has 15 heavy (non-hydrogen) atoms. The Kier molecular flexibility index (Phi) is 2.19. The summed E-state index contributed by atoms with van der Waals surface area (Å²) in [6.07, 6.45) is 1.69. The Morgan fingerprint density at radius 1 is 1.33 bits per heavy atom. The Morgan fingerprint density at radius 3 is 2.73 bits per heavy atom. The van der Waals surface area contributed by atoms with E-state index < -0.39 is 0 Å². The zero-order chi connectivity index (χ0) is 11.0. The maximum atomic E-state index is 11.9. The molecule has 0 saturated carbocycles. The molecule has 0 aliphatic heterocycles. The Labute approximate surface area is 87.8 Å². The molecule has 0 amide bonds. The summed E-state index contributed by atoms with van der Waals surface area (Å²) in [4.78, 5) is 11.9. The van der Waals surface area contributed by atoms with Crippen LogP contribution in [0.4, 0.5) is 0 Å². The fraction of sp³-hybridized carbons (Fsp3) is 0.154. The highest BCUT2D eigenvalue weighted by atomic mass is 16.3. The monoisotopic (exact) mass is 200 g/mol. The molecule has 1 heterocycles. The average Bonchev–Trinajstić information content (AvgIpc) is 2.25. The first kappa shape index (κ1) is 9.71. The van der Waals surface area contributed by atoms with Crippen molar-refractivity contribution < 1.29 is 4.42 Å². The van der Waals surface area contributed by atoms with Crippen LogP contribution in [-0.4, -0.2) is 0 Å². The van der Waals surface area contributed by atoms with Crippen molar-refractivity contribution in [3.63, 3.8) is 0 Å². The number of aryl methyl sites for hydroxylation is 1. The number of rotatable bonds is 1. The van der Waals surface area contributed by atoms with E-state index in [1.165, 1.54) is 0 Å². The number of hydrogen-bond donors (Lipinski definition) is 0. The fourth-order valence-corrected chi connectivity index (χ4v) is 1.60. The second kappa shape index (κ2) is 3.39. The molecule has 1 aromatic carbocycles. The highest BCUT2D eigenvalue weighted by molar-refractivity contribution is 5.85. The zero-order valence-corrected chi connectivity index (χ0v) is 8.83. The van der Waals surface area contributed by atoms with Crippen LogP contribution in [0.1, 0.15) is 16.9 Å². The lowest BCUT2D eigenvalue weighted by Crippen LogP contribution is -2.07. The minimum Gasteiger partial charge on any atom is -0.460 e. The molecule has 0 aliphatic carbocycles. The third kappa shape index (κ3) is 1.38. The molecule has 0 aliphatic rings. The first-order chi connectivity index (χ1) is 7.15. The molecule has 0 N–H and O–H groups in total. The summed E-state index contributed by atoms with van der Waals surface area (Å²) in [5.41, 5.74) is 2.19. The van der Waals surface area contributed by atoms with Crippen molar-refractivity contribution in [2.45, 2.75) is 13.8 Å². The van der Waals surface area contributed by atoms with Gasteiger partial charge in [-0.25, -0.2) is 0 Å². The van der Waals surface area contributed by atoms with E-state index in [1.807, 2.05) is 12.1 Å². The summed E-state index contributed by atoms with van der Waals surface area (Å²) in [5, 5.41) is 0.621. The summed E-state index contributed by atoms with van der Waals surface area (Å²) in [6, 6.07) is 5.50. The average molecular weight is 200 g/mol. The summed E-state index contributed by atoms with van der Waals surface area (Å²) in [6.45, 7) is 7.28. The number of benzene rings is 1. The Bertz CT molecular complexity index is 591. The number of para-hydroxylation sites is 1. The van der Waals surface area contributed by atoms with Gasteiger partial charge in [-0.1, -0.05) is 24.8 Å². The maximum Gasteiger partial charge on any atom is 0.195 e. The van der Waals surface area contributed by atoms with Gasteiger partial charge in [0.05, 0.1) is 5.39 Å². The first-order valence-electron chi connectivity index (χ1n) is 4.80. The summed E-state index contributed by atoms with van der Waals surface area (Å²) < 4.78 is 5.62. The first-order valence-corrected chi connectivity index (χ1v) is 4.80. The van der Waals surface area contributed by atoms with E-state index in [-0.39, 0.29) is 5.43 Å². The highest BCUT2D eigenvalue weighted by Gasteiger charge is 2.08. The lowest BCUT2D eigenvalue weighted by atomic mass is 10.1. The quantitative estimate of drug-likeness (QED) is 0.708. The second-order valence-corrected chi connectivity index (χ2v) is 3.54. The molecule has 0 atom stereocenters. The predicted octanol–water partition coefficient (Wildman–Crippen LogP) is 3.05. The van der Waals surface area contributed by atoms with Crippen LogP contribution in [0, 0.1) is 13.8 Å². The molecular formula is C13H12O2. The number of hydrogen-bond acceptors (Lipinski definition) is 2. The van der Waals surface area contributed by atoms with Gasteiger partial charge in [0.15, 0.2) is 5.43 Å². The molecule has 2 heteroatoms. The van der Waals surface area contributed by atoms with Crippen LogP contribution in [0.15, 0.2) is 34.0 Å². The van der Waals surface area contributed by atoms with Crippen LogP contribution >= 0.6 is 0 Å². The smallest absolute Gasteiger partial charge is 0.195 e. The largest absolute Gasteiger partial charge is 0.460 e. The van der Waals surface area contributed by atoms with E-state index >= 15 is 0 Å². The minimum absolute atomic E-state index is 0.0393. The van der Waals surface area contributed by atoms with Crippen molar-refractivity contribution in [3.8, 4) is 0 Å². The Hall–Kier alpha value is -1.83. The SMILES string of the molecule is C=Cc1cccc2c(=O)c(C)c(C)oc12. The number of fused-ring (bicyclic) bond motifs is 1. The van der Waals surface area contributed by atoms with Crippen LogP contribution in [0.25, 0.3) is 17.0 Å². The molecule has 0 spiro atoms. The van der Waals surface area contributed by atoms with Crippen molar-refractivity contribution in [1.82, 2.24) is 0 Å². The molecule has 76 valence electrons. The van der Waals surface area contributed by atoms with Crippen LogP contribution in [0.2, 0.25) is 0 Å². The molecule has 0 radical (unpaired) electrons. The van der Waals surface area contributed by atoms with Crippen molar-refractivity contribution in [2.75, 3.05) is 0 Å². The van der Waals surface area contributed by atoms with E-state index in [4.69, 9.17) is 4.42 Å².